The largest absolute Gasteiger partial charge is 0.471 e. The van der Waals surface area contributed by atoms with Crippen LogP contribution in [-0.2, 0) is 9.59 Å². The second-order valence-electron chi connectivity index (χ2n) is 8.85. The molecule has 0 aromatic heterocycles. The molecule has 2 heterocycles. The Hall–Kier alpha value is -3.23. The van der Waals surface area contributed by atoms with E-state index >= 15 is 0 Å². The van der Waals surface area contributed by atoms with Crippen molar-refractivity contribution in [1.29, 1.82) is 0 Å². The zero-order chi connectivity index (χ0) is 27.5. The molecule has 3 rings (SSSR count). The molecule has 0 atom stereocenters. The number of benzene rings is 1. The summed E-state index contributed by atoms with van der Waals surface area (Å²) in [6, 6.07) is 2.47. The van der Waals surface area contributed by atoms with Gasteiger partial charge in [0.2, 0.25) is 0 Å². The average Bonchev–Trinajstić information content (AvgIpc) is 3.32. The second-order valence-corrected chi connectivity index (χ2v) is 8.85. The molecule has 9 nitrogen and oxygen atoms in total. The van der Waals surface area contributed by atoms with Crippen molar-refractivity contribution in [3.8, 4) is 0 Å². The molecular formula is C22H27F6N5O4. The molecule has 15 heteroatoms. The Morgan fingerprint density at radius 1 is 0.946 bits per heavy atom. The minimum atomic E-state index is -5.20. The van der Waals surface area contributed by atoms with Crippen molar-refractivity contribution >= 4 is 35.0 Å². The molecule has 2 fully saturated rings. The maximum atomic E-state index is 13.5. The fourth-order valence-corrected chi connectivity index (χ4v) is 4.55. The lowest BCUT2D eigenvalue weighted by Gasteiger charge is -2.38. The molecule has 0 radical (unpaired) electrons. The number of carbonyl (C=O) groups is 3. The molecule has 1 aromatic carbocycles. The van der Waals surface area contributed by atoms with Gasteiger partial charge in [-0.2, -0.15) is 26.3 Å². The second kappa shape index (κ2) is 11.0. The Morgan fingerprint density at radius 3 is 2.05 bits per heavy atom. The number of halogens is 6. The quantitative estimate of drug-likeness (QED) is 0.539. The van der Waals surface area contributed by atoms with Gasteiger partial charge in [-0.15, -0.1) is 0 Å². The summed E-state index contributed by atoms with van der Waals surface area (Å²) in [5, 5.41) is 11.3. The van der Waals surface area contributed by atoms with Crippen LogP contribution in [0.15, 0.2) is 12.1 Å². The van der Waals surface area contributed by atoms with Crippen LogP contribution in [0.25, 0.3) is 0 Å². The van der Waals surface area contributed by atoms with Gasteiger partial charge in [0, 0.05) is 50.6 Å². The average molecular weight is 539 g/mol. The van der Waals surface area contributed by atoms with E-state index in [9.17, 15) is 45.8 Å². The van der Waals surface area contributed by atoms with Gasteiger partial charge in [0.1, 0.15) is 0 Å². The summed E-state index contributed by atoms with van der Waals surface area (Å²) in [6.07, 6.45) is -9.96. The van der Waals surface area contributed by atoms with E-state index in [1.807, 2.05) is 4.90 Å². The number of carboxylic acid groups (broad SMARTS) is 1. The molecule has 206 valence electrons. The molecule has 2 aliphatic heterocycles. The van der Waals surface area contributed by atoms with Crippen LogP contribution in [0, 0.1) is 6.92 Å². The van der Waals surface area contributed by atoms with Crippen molar-refractivity contribution in [2.75, 3.05) is 67.5 Å². The first kappa shape index (κ1) is 28.3. The third-order valence-corrected chi connectivity index (χ3v) is 6.37. The lowest BCUT2D eigenvalue weighted by molar-refractivity contribution is -0.185. The van der Waals surface area contributed by atoms with Gasteiger partial charge in [0.25, 0.3) is 0 Å². The van der Waals surface area contributed by atoms with Crippen molar-refractivity contribution < 1.29 is 45.8 Å². The SMILES string of the molecule is Cc1c(N2CCN(C(=O)C(F)(F)F)CC2)cc(NC(=O)O)cc1N(CCN1CCCC1)C(=O)C(F)(F)F. The number of nitrogens with one attached hydrogen (secondary N) is 1. The number of rotatable bonds is 6. The predicted molar refractivity (Wildman–Crippen MR) is 122 cm³/mol. The van der Waals surface area contributed by atoms with Gasteiger partial charge < -0.3 is 24.7 Å². The molecule has 0 bridgehead atoms. The Morgan fingerprint density at radius 2 is 1.54 bits per heavy atom. The van der Waals surface area contributed by atoms with Crippen LogP contribution in [0.1, 0.15) is 18.4 Å². The standard InChI is InChI=1S/C22H27F6N5O4/c1-14-16(31-7-9-32(10-8-31)18(34)21(23,24)25)12-15(29-20(36)37)13-17(14)33(19(35)22(26,27)28)11-6-30-4-2-3-5-30/h12-13,29H,2-11H2,1H3,(H,36,37). The predicted octanol–water partition coefficient (Wildman–Crippen LogP) is 3.29. The molecule has 3 amide bonds. The fourth-order valence-electron chi connectivity index (χ4n) is 4.55. The van der Waals surface area contributed by atoms with E-state index in [0.717, 1.165) is 18.9 Å². The van der Waals surface area contributed by atoms with E-state index in [1.54, 1.807) is 4.90 Å². The lowest BCUT2D eigenvalue weighted by atomic mass is 10.1. The molecule has 0 saturated carbocycles. The van der Waals surface area contributed by atoms with Crippen LogP contribution in [0.5, 0.6) is 0 Å². The van der Waals surface area contributed by atoms with Crippen molar-refractivity contribution in [2.24, 2.45) is 0 Å². The number of amides is 3. The van der Waals surface area contributed by atoms with Gasteiger partial charge in [0.05, 0.1) is 5.69 Å². The molecular weight excluding hydrogens is 512 g/mol. The van der Waals surface area contributed by atoms with Gasteiger partial charge in [-0.1, -0.05) is 0 Å². The van der Waals surface area contributed by atoms with Crippen LogP contribution in [0.3, 0.4) is 0 Å². The normalized spacial score (nSPS) is 17.2. The Labute approximate surface area is 208 Å². The van der Waals surface area contributed by atoms with E-state index in [4.69, 9.17) is 0 Å². The Balaban J connectivity index is 1.96. The van der Waals surface area contributed by atoms with Crippen molar-refractivity contribution in [2.45, 2.75) is 32.1 Å². The molecule has 2 N–H and O–H groups in total. The van der Waals surface area contributed by atoms with Crippen LogP contribution >= 0.6 is 0 Å². The highest BCUT2D eigenvalue weighted by atomic mass is 19.4. The number of nitrogens with zero attached hydrogens (tertiary/aromatic N) is 4. The summed E-state index contributed by atoms with van der Waals surface area (Å²) in [6.45, 7) is 1.91. The zero-order valence-corrected chi connectivity index (χ0v) is 20.0. The van der Waals surface area contributed by atoms with Crippen LogP contribution < -0.4 is 15.1 Å². The van der Waals surface area contributed by atoms with Crippen molar-refractivity contribution in [3.63, 3.8) is 0 Å². The molecule has 1 aromatic rings. The maximum Gasteiger partial charge on any atom is 0.471 e. The summed E-state index contributed by atoms with van der Waals surface area (Å²) >= 11 is 0. The van der Waals surface area contributed by atoms with E-state index in [2.05, 4.69) is 5.32 Å². The molecule has 2 saturated heterocycles. The van der Waals surface area contributed by atoms with E-state index in [-0.39, 0.29) is 61.9 Å². The minimum absolute atomic E-state index is 0.0837. The minimum Gasteiger partial charge on any atom is -0.465 e. The third kappa shape index (κ3) is 6.96. The van der Waals surface area contributed by atoms with Gasteiger partial charge in [-0.05, 0) is 50.6 Å². The smallest absolute Gasteiger partial charge is 0.465 e. The maximum absolute atomic E-state index is 13.5. The number of alkyl halides is 6. The van der Waals surface area contributed by atoms with E-state index in [1.165, 1.54) is 13.0 Å². The Bertz CT molecular complexity index is 1020. The van der Waals surface area contributed by atoms with Crippen molar-refractivity contribution in [3.05, 3.63) is 17.7 Å². The van der Waals surface area contributed by atoms with Gasteiger partial charge in [-0.3, -0.25) is 14.9 Å². The van der Waals surface area contributed by atoms with Crippen LogP contribution in [0.2, 0.25) is 0 Å². The number of carbonyl (C=O) groups excluding carboxylic acids is 2. The van der Waals surface area contributed by atoms with Crippen LogP contribution in [0.4, 0.5) is 48.2 Å². The summed E-state index contributed by atoms with van der Waals surface area (Å²) in [5.74, 6) is -4.11. The van der Waals surface area contributed by atoms with E-state index in [0.29, 0.717) is 22.9 Å². The van der Waals surface area contributed by atoms with Gasteiger partial charge >= 0.3 is 30.3 Å². The summed E-state index contributed by atoms with van der Waals surface area (Å²) in [4.78, 5) is 39.9. The van der Waals surface area contributed by atoms with Crippen molar-refractivity contribution in [1.82, 2.24) is 9.80 Å². The topological polar surface area (TPSA) is 96.4 Å². The van der Waals surface area contributed by atoms with Gasteiger partial charge in [0.15, 0.2) is 0 Å². The van der Waals surface area contributed by atoms with Gasteiger partial charge in [-0.25, -0.2) is 4.79 Å². The molecule has 0 aliphatic carbocycles. The highest BCUT2D eigenvalue weighted by Crippen LogP contribution is 2.36. The van der Waals surface area contributed by atoms with E-state index < -0.39 is 30.3 Å². The first-order chi connectivity index (χ1) is 17.2. The number of piperazine rings is 1. The highest BCUT2D eigenvalue weighted by molar-refractivity contribution is 6.00. The monoisotopic (exact) mass is 539 g/mol. The highest BCUT2D eigenvalue weighted by Gasteiger charge is 2.45. The molecule has 0 spiro atoms. The molecule has 2 aliphatic rings. The third-order valence-electron chi connectivity index (χ3n) is 6.37. The molecule has 0 unspecified atom stereocenters. The first-order valence-corrected chi connectivity index (χ1v) is 11.5. The number of hydrogen-bond donors (Lipinski definition) is 2. The number of hydrogen-bond acceptors (Lipinski definition) is 5. The summed E-state index contributed by atoms with van der Waals surface area (Å²) in [5.41, 5.74) is 0.168. The summed E-state index contributed by atoms with van der Waals surface area (Å²) in [7, 11) is 0. The first-order valence-electron chi connectivity index (χ1n) is 11.5. The number of anilines is 3. The molecule has 37 heavy (non-hydrogen) atoms. The number of likely N-dealkylation sites (tertiary alicyclic amines) is 1. The van der Waals surface area contributed by atoms with Crippen LogP contribution in [-0.4, -0.2) is 97.5 Å². The summed E-state index contributed by atoms with van der Waals surface area (Å²) < 4.78 is 79.0. The zero-order valence-electron chi connectivity index (χ0n) is 20.0. The lowest BCUT2D eigenvalue weighted by Crippen LogP contribution is -2.52. The fraction of sp³-hybridized carbons (Fsp3) is 0.591. The Kier molecular flexibility index (Phi) is 8.45.